The van der Waals surface area contributed by atoms with E-state index in [-0.39, 0.29) is 36.1 Å². The smallest absolute Gasteiger partial charge is 0.323 e. The lowest BCUT2D eigenvalue weighted by Crippen LogP contribution is -2.34. The summed E-state index contributed by atoms with van der Waals surface area (Å²) in [6.07, 6.45) is 0. The molecule has 13 nitrogen and oxygen atoms in total. The molecule has 186 valence electrons. The SMILES string of the molecule is O=NC(=O)CN(CC(=O)O)c1ccccc1OCCOc1ccccc1N(CC(=O)O)CC(=O)O. The van der Waals surface area contributed by atoms with Crippen LogP contribution >= 0.6 is 0 Å². The molecule has 0 bridgehead atoms. The summed E-state index contributed by atoms with van der Waals surface area (Å²) < 4.78 is 11.4. The Kier molecular flexibility index (Phi) is 9.97. The summed E-state index contributed by atoms with van der Waals surface area (Å²) in [7, 11) is 0. The molecule has 0 unspecified atom stereocenters. The number of anilines is 2. The fourth-order valence-corrected chi connectivity index (χ4v) is 3.12. The Bertz CT molecular complexity index is 1060. The third-order valence-electron chi connectivity index (χ3n) is 4.42. The molecule has 0 aliphatic heterocycles. The van der Waals surface area contributed by atoms with Crippen molar-refractivity contribution in [2.45, 2.75) is 0 Å². The summed E-state index contributed by atoms with van der Waals surface area (Å²) in [6, 6.07) is 12.6. The highest BCUT2D eigenvalue weighted by Gasteiger charge is 2.20. The van der Waals surface area contributed by atoms with Crippen molar-refractivity contribution < 1.29 is 44.0 Å². The van der Waals surface area contributed by atoms with Gasteiger partial charge in [-0.2, -0.15) is 0 Å². The summed E-state index contributed by atoms with van der Waals surface area (Å²) in [5.41, 5.74) is 0.520. The van der Waals surface area contributed by atoms with Gasteiger partial charge in [-0.25, -0.2) is 0 Å². The second-order valence-corrected chi connectivity index (χ2v) is 7.01. The standard InChI is InChI=1S/C22H23N3O10/c26-19(23-33)11-24(12-20(27)28)15-5-1-3-7-17(15)34-9-10-35-18-8-4-2-6-16(18)25(13-21(29)30)14-22(31)32/h1-8H,9-14H2,(H,27,28)(H,29,30)(H,31,32). The Balaban J connectivity index is 2.11. The molecule has 2 aromatic rings. The van der Waals surface area contributed by atoms with Crippen molar-refractivity contribution in [1.29, 1.82) is 0 Å². The largest absolute Gasteiger partial charge is 0.488 e. The highest BCUT2D eigenvalue weighted by atomic mass is 16.5. The Morgan fingerprint density at radius 3 is 1.40 bits per heavy atom. The minimum absolute atomic E-state index is 0.0346. The third-order valence-corrected chi connectivity index (χ3v) is 4.42. The number of rotatable bonds is 15. The van der Waals surface area contributed by atoms with Crippen LogP contribution in [0.4, 0.5) is 11.4 Å². The van der Waals surface area contributed by atoms with E-state index < -0.39 is 50.0 Å². The topological polar surface area (TPSA) is 183 Å². The molecule has 0 aromatic heterocycles. The van der Waals surface area contributed by atoms with Gasteiger partial charge in [0.25, 0.3) is 0 Å². The van der Waals surface area contributed by atoms with Crippen LogP contribution in [-0.4, -0.2) is 78.5 Å². The van der Waals surface area contributed by atoms with E-state index in [1.807, 2.05) is 0 Å². The van der Waals surface area contributed by atoms with E-state index >= 15 is 0 Å². The lowest BCUT2D eigenvalue weighted by Gasteiger charge is -2.24. The highest BCUT2D eigenvalue weighted by molar-refractivity contribution is 5.85. The molecule has 0 atom stereocenters. The first kappa shape index (κ1) is 26.6. The van der Waals surface area contributed by atoms with Crippen LogP contribution in [0.1, 0.15) is 0 Å². The quantitative estimate of drug-likeness (QED) is 0.241. The number of hydrogen-bond acceptors (Lipinski definition) is 9. The average molecular weight is 489 g/mol. The summed E-state index contributed by atoms with van der Waals surface area (Å²) in [6.45, 7) is -2.30. The van der Waals surface area contributed by atoms with Crippen LogP contribution in [0, 0.1) is 4.91 Å². The van der Waals surface area contributed by atoms with Crippen LogP contribution in [0.2, 0.25) is 0 Å². The van der Waals surface area contributed by atoms with Gasteiger partial charge in [-0.1, -0.05) is 24.3 Å². The zero-order valence-corrected chi connectivity index (χ0v) is 18.4. The second kappa shape index (κ2) is 13.1. The van der Waals surface area contributed by atoms with E-state index in [1.165, 1.54) is 12.1 Å². The van der Waals surface area contributed by atoms with Crippen LogP contribution in [-0.2, 0) is 19.2 Å². The Labute approximate surface area is 199 Å². The molecular weight excluding hydrogens is 466 g/mol. The van der Waals surface area contributed by atoms with Crippen LogP contribution in [0.15, 0.2) is 53.7 Å². The number of benzene rings is 2. The molecular formula is C22H23N3O10. The summed E-state index contributed by atoms with van der Waals surface area (Å²) >= 11 is 0. The zero-order valence-electron chi connectivity index (χ0n) is 18.4. The number of carbonyl (C=O) groups is 4. The fraction of sp³-hybridized carbons (Fsp3) is 0.273. The summed E-state index contributed by atoms with van der Waals surface area (Å²) in [5, 5.41) is 29.6. The Morgan fingerprint density at radius 1 is 0.657 bits per heavy atom. The maximum Gasteiger partial charge on any atom is 0.323 e. The molecule has 1 amide bonds. The molecule has 0 radical (unpaired) electrons. The van der Waals surface area contributed by atoms with Crippen molar-refractivity contribution in [3.63, 3.8) is 0 Å². The molecule has 13 heteroatoms. The van der Waals surface area contributed by atoms with E-state index in [4.69, 9.17) is 24.8 Å². The van der Waals surface area contributed by atoms with Gasteiger partial charge in [-0.3, -0.25) is 19.2 Å². The number of para-hydroxylation sites is 4. The van der Waals surface area contributed by atoms with E-state index in [0.29, 0.717) is 0 Å². The van der Waals surface area contributed by atoms with E-state index in [0.717, 1.165) is 9.80 Å². The molecule has 2 rings (SSSR count). The van der Waals surface area contributed by atoms with Gasteiger partial charge in [-0.05, 0) is 24.3 Å². The number of ether oxygens (including phenoxy) is 2. The van der Waals surface area contributed by atoms with E-state index in [2.05, 4.69) is 5.18 Å². The normalized spacial score (nSPS) is 10.2. The lowest BCUT2D eigenvalue weighted by molar-refractivity contribution is -0.137. The molecule has 0 fully saturated rings. The molecule has 0 saturated carbocycles. The Morgan fingerprint density at radius 2 is 1.03 bits per heavy atom. The van der Waals surface area contributed by atoms with Gasteiger partial charge < -0.3 is 34.6 Å². The third kappa shape index (κ3) is 8.64. The van der Waals surface area contributed by atoms with Gasteiger partial charge in [0, 0.05) is 5.18 Å². The van der Waals surface area contributed by atoms with Gasteiger partial charge >= 0.3 is 23.8 Å². The number of nitrogens with zero attached hydrogens (tertiary/aromatic N) is 3. The van der Waals surface area contributed by atoms with Crippen LogP contribution < -0.4 is 19.3 Å². The maximum absolute atomic E-state index is 11.5. The molecule has 0 aliphatic carbocycles. The van der Waals surface area contributed by atoms with Crippen molar-refractivity contribution >= 4 is 35.2 Å². The predicted molar refractivity (Wildman–Crippen MR) is 122 cm³/mol. The minimum atomic E-state index is -1.23. The summed E-state index contributed by atoms with van der Waals surface area (Å²) in [5.74, 6) is -4.24. The first-order valence-electron chi connectivity index (χ1n) is 10.2. The van der Waals surface area contributed by atoms with Gasteiger partial charge in [-0.15, -0.1) is 4.91 Å². The highest BCUT2D eigenvalue weighted by Crippen LogP contribution is 2.29. The summed E-state index contributed by atoms with van der Waals surface area (Å²) in [4.78, 5) is 57.7. The van der Waals surface area contributed by atoms with Crippen molar-refractivity contribution in [1.82, 2.24) is 0 Å². The molecule has 2 aromatic carbocycles. The van der Waals surface area contributed by atoms with Crippen LogP contribution in [0.5, 0.6) is 11.5 Å². The second-order valence-electron chi connectivity index (χ2n) is 7.01. The molecule has 0 spiro atoms. The van der Waals surface area contributed by atoms with Crippen LogP contribution in [0.3, 0.4) is 0 Å². The molecule has 0 aliphatic rings. The van der Waals surface area contributed by atoms with Gasteiger partial charge in [0.1, 0.15) is 50.9 Å². The average Bonchev–Trinajstić information content (AvgIpc) is 2.80. The van der Waals surface area contributed by atoms with Crippen molar-refractivity contribution in [3.8, 4) is 11.5 Å². The van der Waals surface area contributed by atoms with Crippen molar-refractivity contribution in [2.24, 2.45) is 5.18 Å². The molecule has 0 saturated heterocycles. The van der Waals surface area contributed by atoms with Crippen molar-refractivity contribution in [2.75, 3.05) is 49.2 Å². The maximum atomic E-state index is 11.5. The minimum Gasteiger partial charge on any atom is -0.488 e. The molecule has 35 heavy (non-hydrogen) atoms. The first-order valence-corrected chi connectivity index (χ1v) is 10.2. The number of carboxylic acid groups (broad SMARTS) is 3. The monoisotopic (exact) mass is 489 g/mol. The lowest BCUT2D eigenvalue weighted by atomic mass is 10.2. The number of aliphatic carboxylic acids is 3. The fourth-order valence-electron chi connectivity index (χ4n) is 3.12. The number of hydrogen-bond donors (Lipinski definition) is 3. The van der Waals surface area contributed by atoms with Gasteiger partial charge in [0.15, 0.2) is 0 Å². The first-order chi connectivity index (χ1) is 16.7. The number of nitroso groups, excluding NO2 is 1. The van der Waals surface area contributed by atoms with E-state index in [1.54, 1.807) is 36.4 Å². The molecule has 0 heterocycles. The molecule has 3 N–H and O–H groups in total. The van der Waals surface area contributed by atoms with Gasteiger partial charge in [0.2, 0.25) is 0 Å². The Hall–Kier alpha value is -4.68. The van der Waals surface area contributed by atoms with E-state index in [9.17, 15) is 24.1 Å². The van der Waals surface area contributed by atoms with Gasteiger partial charge in [0.05, 0.1) is 11.4 Å². The number of carboxylic acids is 3. The van der Waals surface area contributed by atoms with Crippen molar-refractivity contribution in [3.05, 3.63) is 53.4 Å². The predicted octanol–water partition coefficient (Wildman–Crippen LogP) is 1.30. The zero-order chi connectivity index (χ0) is 25.8. The van der Waals surface area contributed by atoms with Crippen LogP contribution in [0.25, 0.3) is 0 Å². The number of carbonyl (C=O) groups excluding carboxylic acids is 1. The number of amides is 1.